The highest BCUT2D eigenvalue weighted by Gasteiger charge is 2.07. The molecule has 0 aliphatic rings. The third-order valence-corrected chi connectivity index (χ3v) is 3.01. The van der Waals surface area contributed by atoms with Gasteiger partial charge in [-0.1, -0.05) is 18.2 Å². The van der Waals surface area contributed by atoms with E-state index in [2.05, 4.69) is 15.4 Å². The second-order valence-corrected chi connectivity index (χ2v) is 4.57. The monoisotopic (exact) mass is 278 g/mol. The highest BCUT2D eigenvalue weighted by molar-refractivity contribution is 6.03. The number of nitrogens with zero attached hydrogens (tertiary/aromatic N) is 3. The van der Waals surface area contributed by atoms with E-state index in [1.54, 1.807) is 35.3 Å². The number of anilines is 1. The molecule has 0 bridgehead atoms. The van der Waals surface area contributed by atoms with Crippen molar-refractivity contribution in [2.75, 3.05) is 5.32 Å². The van der Waals surface area contributed by atoms with Gasteiger partial charge in [0.2, 0.25) is 0 Å². The first-order valence-corrected chi connectivity index (χ1v) is 6.60. The number of carbonyl (C=O) groups is 1. The Bertz CT molecular complexity index is 722. The normalized spacial score (nSPS) is 10.3. The number of rotatable bonds is 4. The number of hydrogen-bond donors (Lipinski definition) is 1. The lowest BCUT2D eigenvalue weighted by Gasteiger charge is -2.02. The van der Waals surface area contributed by atoms with Crippen molar-refractivity contribution in [2.24, 2.45) is 0 Å². The predicted octanol–water partition coefficient (Wildman–Crippen LogP) is 2.58. The van der Waals surface area contributed by atoms with E-state index in [0.29, 0.717) is 17.9 Å². The fraction of sp³-hybridized carbons (Fsp3) is 0.0625. The molecule has 1 N–H and O–H groups in total. The van der Waals surface area contributed by atoms with Crippen LogP contribution in [-0.2, 0) is 6.54 Å². The summed E-state index contributed by atoms with van der Waals surface area (Å²) in [6.07, 6.45) is 5.33. The van der Waals surface area contributed by atoms with Crippen LogP contribution in [-0.4, -0.2) is 20.7 Å². The van der Waals surface area contributed by atoms with Crippen LogP contribution in [0, 0.1) is 0 Å². The zero-order valence-corrected chi connectivity index (χ0v) is 11.3. The molecule has 0 aliphatic carbocycles. The van der Waals surface area contributed by atoms with E-state index in [4.69, 9.17) is 0 Å². The summed E-state index contributed by atoms with van der Waals surface area (Å²) < 4.78 is 1.77. The number of hydrogen-bond acceptors (Lipinski definition) is 3. The Hall–Kier alpha value is -2.95. The standard InChI is InChI=1S/C16H14N4O/c21-16(14-4-2-1-3-5-14)18-15-8-11-20(19-15)12-13-6-9-17-10-7-13/h1-11H,12H2,(H,18,19,21). The molecule has 5 heteroatoms. The minimum absolute atomic E-state index is 0.162. The summed E-state index contributed by atoms with van der Waals surface area (Å²) in [5, 5.41) is 7.12. The van der Waals surface area contributed by atoms with Gasteiger partial charge in [-0.2, -0.15) is 5.10 Å². The van der Waals surface area contributed by atoms with Crippen LogP contribution in [0.1, 0.15) is 15.9 Å². The molecule has 5 nitrogen and oxygen atoms in total. The van der Waals surface area contributed by atoms with E-state index in [1.807, 2.05) is 36.5 Å². The van der Waals surface area contributed by atoms with Gasteiger partial charge < -0.3 is 5.32 Å². The van der Waals surface area contributed by atoms with Crippen LogP contribution in [0.5, 0.6) is 0 Å². The highest BCUT2D eigenvalue weighted by Crippen LogP contribution is 2.08. The Morgan fingerprint density at radius 2 is 1.81 bits per heavy atom. The van der Waals surface area contributed by atoms with Crippen molar-refractivity contribution in [3.63, 3.8) is 0 Å². The molecular formula is C16H14N4O. The van der Waals surface area contributed by atoms with Crippen molar-refractivity contribution in [1.82, 2.24) is 14.8 Å². The first kappa shape index (κ1) is 13.1. The molecule has 0 fully saturated rings. The average Bonchev–Trinajstić information content (AvgIpc) is 2.96. The van der Waals surface area contributed by atoms with Crippen LogP contribution in [0.4, 0.5) is 5.82 Å². The number of benzene rings is 1. The van der Waals surface area contributed by atoms with Crippen LogP contribution >= 0.6 is 0 Å². The third kappa shape index (κ3) is 3.33. The van der Waals surface area contributed by atoms with Gasteiger partial charge in [-0.3, -0.25) is 14.5 Å². The molecule has 0 aliphatic heterocycles. The second-order valence-electron chi connectivity index (χ2n) is 4.57. The molecule has 104 valence electrons. The Morgan fingerprint density at radius 3 is 2.57 bits per heavy atom. The van der Waals surface area contributed by atoms with Crippen LogP contribution in [0.3, 0.4) is 0 Å². The largest absolute Gasteiger partial charge is 0.305 e. The number of aromatic nitrogens is 3. The summed E-state index contributed by atoms with van der Waals surface area (Å²) in [6.45, 7) is 0.643. The Kier molecular flexibility index (Phi) is 3.73. The number of nitrogens with one attached hydrogen (secondary N) is 1. The molecule has 2 heterocycles. The molecule has 0 spiro atoms. The minimum Gasteiger partial charge on any atom is -0.305 e. The molecule has 0 atom stereocenters. The maximum absolute atomic E-state index is 12.0. The molecule has 0 radical (unpaired) electrons. The van der Waals surface area contributed by atoms with E-state index in [0.717, 1.165) is 5.56 Å². The van der Waals surface area contributed by atoms with Gasteiger partial charge in [-0.05, 0) is 29.8 Å². The molecule has 2 aromatic heterocycles. The summed E-state index contributed by atoms with van der Waals surface area (Å²) in [6, 6.07) is 14.7. The SMILES string of the molecule is O=C(Nc1ccn(Cc2ccncc2)n1)c1ccccc1. The van der Waals surface area contributed by atoms with Crippen molar-refractivity contribution in [2.45, 2.75) is 6.54 Å². The quantitative estimate of drug-likeness (QED) is 0.798. The maximum atomic E-state index is 12.0. The van der Waals surface area contributed by atoms with Gasteiger partial charge in [-0.25, -0.2) is 0 Å². The lowest BCUT2D eigenvalue weighted by molar-refractivity contribution is 0.102. The fourth-order valence-corrected chi connectivity index (χ4v) is 1.97. The van der Waals surface area contributed by atoms with Gasteiger partial charge in [0.15, 0.2) is 5.82 Å². The van der Waals surface area contributed by atoms with Crippen LogP contribution in [0.2, 0.25) is 0 Å². The predicted molar refractivity (Wildman–Crippen MR) is 80.0 cm³/mol. The van der Waals surface area contributed by atoms with Crippen LogP contribution < -0.4 is 5.32 Å². The van der Waals surface area contributed by atoms with E-state index < -0.39 is 0 Å². The topological polar surface area (TPSA) is 59.8 Å². The van der Waals surface area contributed by atoms with Gasteiger partial charge in [0.05, 0.1) is 6.54 Å². The van der Waals surface area contributed by atoms with Crippen molar-refractivity contribution >= 4 is 11.7 Å². The van der Waals surface area contributed by atoms with E-state index in [9.17, 15) is 4.79 Å². The smallest absolute Gasteiger partial charge is 0.256 e. The van der Waals surface area contributed by atoms with Crippen LogP contribution in [0.15, 0.2) is 67.1 Å². The first-order valence-electron chi connectivity index (χ1n) is 6.60. The van der Waals surface area contributed by atoms with Crippen molar-refractivity contribution in [3.8, 4) is 0 Å². The molecule has 0 unspecified atom stereocenters. The molecule has 21 heavy (non-hydrogen) atoms. The number of carbonyl (C=O) groups excluding carboxylic acids is 1. The fourth-order valence-electron chi connectivity index (χ4n) is 1.97. The average molecular weight is 278 g/mol. The molecule has 0 saturated carbocycles. The summed E-state index contributed by atoms with van der Waals surface area (Å²) in [4.78, 5) is 16.0. The zero-order valence-electron chi connectivity index (χ0n) is 11.3. The van der Waals surface area contributed by atoms with Gasteiger partial charge in [0.25, 0.3) is 5.91 Å². The Balaban J connectivity index is 1.67. The first-order chi connectivity index (χ1) is 10.3. The van der Waals surface area contributed by atoms with Crippen molar-refractivity contribution in [1.29, 1.82) is 0 Å². The second kappa shape index (κ2) is 6.00. The summed E-state index contributed by atoms with van der Waals surface area (Å²) in [5.41, 5.74) is 1.72. The Labute approximate surface area is 122 Å². The zero-order chi connectivity index (χ0) is 14.5. The lowest BCUT2D eigenvalue weighted by Crippen LogP contribution is -2.12. The summed E-state index contributed by atoms with van der Waals surface area (Å²) >= 11 is 0. The lowest BCUT2D eigenvalue weighted by atomic mass is 10.2. The molecule has 3 aromatic rings. The van der Waals surface area contributed by atoms with Crippen molar-refractivity contribution < 1.29 is 4.79 Å². The third-order valence-electron chi connectivity index (χ3n) is 3.01. The van der Waals surface area contributed by atoms with Crippen molar-refractivity contribution in [3.05, 3.63) is 78.2 Å². The van der Waals surface area contributed by atoms with E-state index >= 15 is 0 Å². The maximum Gasteiger partial charge on any atom is 0.256 e. The molecular weight excluding hydrogens is 264 g/mol. The summed E-state index contributed by atoms with van der Waals surface area (Å²) in [5.74, 6) is 0.377. The molecule has 1 amide bonds. The summed E-state index contributed by atoms with van der Waals surface area (Å²) in [7, 11) is 0. The Morgan fingerprint density at radius 1 is 1.05 bits per heavy atom. The van der Waals surface area contributed by atoms with Gasteiger partial charge >= 0.3 is 0 Å². The molecule has 0 saturated heterocycles. The minimum atomic E-state index is -0.162. The molecule has 3 rings (SSSR count). The van der Waals surface area contributed by atoms with Gasteiger partial charge in [0, 0.05) is 30.2 Å². The van der Waals surface area contributed by atoms with Gasteiger partial charge in [0.1, 0.15) is 0 Å². The van der Waals surface area contributed by atoms with Crippen LogP contribution in [0.25, 0.3) is 0 Å². The number of pyridine rings is 1. The van der Waals surface area contributed by atoms with Gasteiger partial charge in [-0.15, -0.1) is 0 Å². The highest BCUT2D eigenvalue weighted by atomic mass is 16.1. The van der Waals surface area contributed by atoms with E-state index in [-0.39, 0.29) is 5.91 Å². The van der Waals surface area contributed by atoms with E-state index in [1.165, 1.54) is 0 Å². The number of amides is 1. The molecule has 1 aromatic carbocycles.